The fraction of sp³-hybridized carbons (Fsp3) is 0.167. The van der Waals surface area contributed by atoms with E-state index in [0.717, 1.165) is 22.0 Å². The van der Waals surface area contributed by atoms with Gasteiger partial charge in [0.05, 0.1) is 0 Å². The summed E-state index contributed by atoms with van der Waals surface area (Å²) in [6.07, 6.45) is 2.31. The molecule has 2 nitrogen and oxygen atoms in total. The summed E-state index contributed by atoms with van der Waals surface area (Å²) in [7, 11) is 1.97. The molecule has 1 aromatic heterocycles. The lowest BCUT2D eigenvalue weighted by Crippen LogP contribution is -2.02. The molecule has 0 bridgehead atoms. The highest BCUT2D eigenvalue weighted by atomic mass is 35.5. The smallest absolute Gasteiger partial charge is 0.169 e. The maximum absolute atomic E-state index is 12.6. The van der Waals surface area contributed by atoms with Crippen molar-refractivity contribution >= 4 is 28.3 Å². The summed E-state index contributed by atoms with van der Waals surface area (Å²) >= 11 is 5.87. The van der Waals surface area contributed by atoms with Gasteiger partial charge in [0.15, 0.2) is 5.78 Å². The highest BCUT2D eigenvalue weighted by Gasteiger charge is 2.14. The van der Waals surface area contributed by atoms with Crippen LogP contribution in [0.5, 0.6) is 0 Å². The Labute approximate surface area is 129 Å². The third kappa shape index (κ3) is 2.72. The normalized spacial score (nSPS) is 11.0. The number of rotatable bonds is 3. The van der Waals surface area contributed by atoms with E-state index in [0.29, 0.717) is 11.4 Å². The standard InChI is InChI=1S/C18H16ClNO/c1-12-3-8-15-16(11-20(2)17(15)9-12)18(21)10-13-4-6-14(19)7-5-13/h3-9,11H,10H2,1-2H3. The second-order valence-corrected chi connectivity index (χ2v) is 5.84. The lowest BCUT2D eigenvalue weighted by atomic mass is 10.0. The number of halogens is 1. The van der Waals surface area contributed by atoms with Gasteiger partial charge in [-0.15, -0.1) is 0 Å². The Morgan fingerprint density at radius 3 is 2.57 bits per heavy atom. The van der Waals surface area contributed by atoms with E-state index in [4.69, 9.17) is 11.6 Å². The summed E-state index contributed by atoms with van der Waals surface area (Å²) in [6, 6.07) is 13.6. The van der Waals surface area contributed by atoms with Crippen LogP contribution in [0.25, 0.3) is 10.9 Å². The summed E-state index contributed by atoms with van der Waals surface area (Å²) in [4.78, 5) is 12.6. The molecule has 1 heterocycles. The predicted molar refractivity (Wildman–Crippen MR) is 87.1 cm³/mol. The van der Waals surface area contributed by atoms with Gasteiger partial charge in [-0.25, -0.2) is 0 Å². The highest BCUT2D eigenvalue weighted by Crippen LogP contribution is 2.23. The first kappa shape index (κ1) is 13.9. The summed E-state index contributed by atoms with van der Waals surface area (Å²) in [5.41, 5.74) is 4.05. The van der Waals surface area contributed by atoms with Gasteiger partial charge in [-0.05, 0) is 36.2 Å². The number of carbonyl (C=O) groups excluding carboxylic acids is 1. The quantitative estimate of drug-likeness (QED) is 0.649. The highest BCUT2D eigenvalue weighted by molar-refractivity contribution is 6.30. The van der Waals surface area contributed by atoms with Gasteiger partial charge in [0.2, 0.25) is 0 Å². The Hall–Kier alpha value is -2.06. The van der Waals surface area contributed by atoms with Crippen molar-refractivity contribution in [1.82, 2.24) is 4.57 Å². The topological polar surface area (TPSA) is 22.0 Å². The van der Waals surface area contributed by atoms with Gasteiger partial charge < -0.3 is 4.57 Å². The number of Topliss-reactive ketones (excluding diaryl/α,β-unsaturated/α-hetero) is 1. The monoisotopic (exact) mass is 297 g/mol. The third-order valence-electron chi connectivity index (χ3n) is 3.72. The van der Waals surface area contributed by atoms with Gasteiger partial charge in [0, 0.05) is 41.2 Å². The van der Waals surface area contributed by atoms with E-state index >= 15 is 0 Å². The molecule has 21 heavy (non-hydrogen) atoms. The Bertz CT molecular complexity index is 815. The van der Waals surface area contributed by atoms with Crippen molar-refractivity contribution in [3.8, 4) is 0 Å². The molecule has 0 aliphatic heterocycles. The second-order valence-electron chi connectivity index (χ2n) is 5.40. The lowest BCUT2D eigenvalue weighted by Gasteiger charge is -2.01. The van der Waals surface area contributed by atoms with Crippen LogP contribution in [0.15, 0.2) is 48.7 Å². The Kier molecular flexibility index (Phi) is 3.56. The van der Waals surface area contributed by atoms with E-state index in [1.807, 2.05) is 54.2 Å². The number of fused-ring (bicyclic) bond motifs is 1. The van der Waals surface area contributed by atoms with Crippen LogP contribution >= 0.6 is 11.6 Å². The van der Waals surface area contributed by atoms with Crippen LogP contribution < -0.4 is 0 Å². The fourth-order valence-electron chi connectivity index (χ4n) is 2.60. The molecule has 0 aliphatic rings. The molecule has 3 heteroatoms. The number of benzene rings is 2. The van der Waals surface area contributed by atoms with Crippen LogP contribution in [0.2, 0.25) is 5.02 Å². The molecule has 0 spiro atoms. The van der Waals surface area contributed by atoms with E-state index in [9.17, 15) is 4.79 Å². The minimum absolute atomic E-state index is 0.131. The number of hydrogen-bond acceptors (Lipinski definition) is 1. The number of nitrogens with zero attached hydrogens (tertiary/aromatic N) is 1. The van der Waals surface area contributed by atoms with E-state index in [2.05, 4.69) is 13.0 Å². The van der Waals surface area contributed by atoms with E-state index in [1.165, 1.54) is 5.56 Å². The van der Waals surface area contributed by atoms with Crippen molar-refractivity contribution in [2.75, 3.05) is 0 Å². The van der Waals surface area contributed by atoms with Gasteiger partial charge in [0.1, 0.15) is 0 Å². The molecular weight excluding hydrogens is 282 g/mol. The van der Waals surface area contributed by atoms with Gasteiger partial charge in [0.25, 0.3) is 0 Å². The van der Waals surface area contributed by atoms with Crippen LogP contribution in [0.1, 0.15) is 21.5 Å². The summed E-state index contributed by atoms with van der Waals surface area (Å²) in [6.45, 7) is 2.06. The zero-order chi connectivity index (χ0) is 15.0. The van der Waals surface area contributed by atoms with Gasteiger partial charge in [-0.1, -0.05) is 35.9 Å². The van der Waals surface area contributed by atoms with Crippen LogP contribution in [0.4, 0.5) is 0 Å². The molecule has 0 atom stereocenters. The molecule has 0 saturated carbocycles. The first-order chi connectivity index (χ1) is 10.0. The van der Waals surface area contributed by atoms with Crippen molar-refractivity contribution in [1.29, 1.82) is 0 Å². The summed E-state index contributed by atoms with van der Waals surface area (Å²) < 4.78 is 2.01. The first-order valence-electron chi connectivity index (χ1n) is 6.88. The largest absolute Gasteiger partial charge is 0.350 e. The van der Waals surface area contributed by atoms with Crippen LogP contribution in [-0.4, -0.2) is 10.4 Å². The van der Waals surface area contributed by atoms with Crippen molar-refractivity contribution in [3.05, 3.63) is 70.4 Å². The van der Waals surface area contributed by atoms with Crippen molar-refractivity contribution in [2.45, 2.75) is 13.3 Å². The maximum Gasteiger partial charge on any atom is 0.169 e. The molecule has 0 unspecified atom stereocenters. The first-order valence-corrected chi connectivity index (χ1v) is 7.26. The molecule has 0 saturated heterocycles. The Morgan fingerprint density at radius 2 is 1.86 bits per heavy atom. The predicted octanol–water partition coefficient (Wildman–Crippen LogP) is 4.57. The lowest BCUT2D eigenvalue weighted by molar-refractivity contribution is 0.0994. The fourth-order valence-corrected chi connectivity index (χ4v) is 2.73. The molecule has 0 radical (unpaired) electrons. The van der Waals surface area contributed by atoms with Crippen molar-refractivity contribution in [3.63, 3.8) is 0 Å². The molecule has 3 aromatic rings. The molecule has 0 amide bonds. The number of aryl methyl sites for hydroxylation is 2. The van der Waals surface area contributed by atoms with Crippen LogP contribution in [0, 0.1) is 6.92 Å². The second kappa shape index (κ2) is 5.38. The minimum Gasteiger partial charge on any atom is -0.350 e. The molecule has 3 rings (SSSR count). The van der Waals surface area contributed by atoms with Crippen LogP contribution in [-0.2, 0) is 13.5 Å². The maximum atomic E-state index is 12.6. The molecule has 0 aliphatic carbocycles. The zero-order valence-electron chi connectivity index (χ0n) is 12.1. The Morgan fingerprint density at radius 1 is 1.14 bits per heavy atom. The average molecular weight is 298 g/mol. The van der Waals surface area contributed by atoms with Crippen molar-refractivity contribution in [2.24, 2.45) is 7.05 Å². The number of aromatic nitrogens is 1. The average Bonchev–Trinajstić information content (AvgIpc) is 2.78. The van der Waals surface area contributed by atoms with Crippen LogP contribution in [0.3, 0.4) is 0 Å². The minimum atomic E-state index is 0.131. The Balaban J connectivity index is 1.96. The number of ketones is 1. The van der Waals surface area contributed by atoms with E-state index in [1.54, 1.807) is 0 Å². The van der Waals surface area contributed by atoms with Gasteiger partial charge >= 0.3 is 0 Å². The molecule has 106 valence electrons. The van der Waals surface area contributed by atoms with Gasteiger partial charge in [-0.3, -0.25) is 4.79 Å². The molecule has 0 fully saturated rings. The molecular formula is C18H16ClNO. The number of hydrogen-bond donors (Lipinski definition) is 0. The molecule has 0 N–H and O–H groups in total. The zero-order valence-corrected chi connectivity index (χ0v) is 12.8. The van der Waals surface area contributed by atoms with E-state index < -0.39 is 0 Å². The van der Waals surface area contributed by atoms with E-state index in [-0.39, 0.29) is 5.78 Å². The summed E-state index contributed by atoms with van der Waals surface area (Å²) in [5.74, 6) is 0.131. The molecule has 2 aromatic carbocycles. The third-order valence-corrected chi connectivity index (χ3v) is 3.98. The van der Waals surface area contributed by atoms with Crippen molar-refractivity contribution < 1.29 is 4.79 Å². The SMILES string of the molecule is Cc1ccc2c(C(=O)Cc3ccc(Cl)cc3)cn(C)c2c1. The van der Waals surface area contributed by atoms with Gasteiger partial charge in [-0.2, -0.15) is 0 Å². The summed E-state index contributed by atoms with van der Waals surface area (Å²) in [5, 5.41) is 1.70. The number of carbonyl (C=O) groups is 1.